The smallest absolute Gasteiger partial charge is 0.0408 e. The largest absolute Gasteiger partial charge is 0.370 e. The average molecular weight is 246 g/mol. The lowest BCUT2D eigenvalue weighted by molar-refractivity contribution is 0.539. The van der Waals surface area contributed by atoms with Crippen LogP contribution in [0.3, 0.4) is 0 Å². The maximum Gasteiger partial charge on any atom is 0.0408 e. The summed E-state index contributed by atoms with van der Waals surface area (Å²) in [7, 11) is 2.21. The Morgan fingerprint density at radius 1 is 1.22 bits per heavy atom. The van der Waals surface area contributed by atoms with Crippen molar-refractivity contribution >= 4 is 5.69 Å². The van der Waals surface area contributed by atoms with Crippen molar-refractivity contribution in [3.05, 3.63) is 29.8 Å². The number of benzene rings is 1. The maximum atomic E-state index is 3.64. The van der Waals surface area contributed by atoms with Crippen LogP contribution in [0.1, 0.15) is 38.7 Å². The van der Waals surface area contributed by atoms with E-state index in [2.05, 4.69) is 55.4 Å². The first-order valence-electron chi connectivity index (χ1n) is 7.29. The summed E-state index contributed by atoms with van der Waals surface area (Å²) in [5.74, 6) is 0. The number of aryl methyl sites for hydroxylation is 1. The molecule has 100 valence electrons. The number of likely N-dealkylation sites (N-methyl/N-ethyl adjacent to an activating group) is 1. The first-order chi connectivity index (χ1) is 8.74. The Balaban J connectivity index is 1.94. The van der Waals surface area contributed by atoms with Crippen LogP contribution in [0.4, 0.5) is 5.69 Å². The second-order valence-corrected chi connectivity index (χ2v) is 5.38. The molecule has 0 saturated heterocycles. The van der Waals surface area contributed by atoms with Gasteiger partial charge in [0, 0.05) is 31.4 Å². The van der Waals surface area contributed by atoms with E-state index in [1.165, 1.54) is 30.5 Å². The first-order valence-corrected chi connectivity index (χ1v) is 7.29. The van der Waals surface area contributed by atoms with Crippen LogP contribution in [0.5, 0.6) is 0 Å². The lowest BCUT2D eigenvalue weighted by Crippen LogP contribution is -2.40. The minimum Gasteiger partial charge on any atom is -0.370 e. The molecule has 0 aromatic heterocycles. The zero-order valence-corrected chi connectivity index (χ0v) is 11.9. The van der Waals surface area contributed by atoms with Gasteiger partial charge in [0.05, 0.1) is 0 Å². The summed E-state index contributed by atoms with van der Waals surface area (Å²) in [4.78, 5) is 2.41. The van der Waals surface area contributed by atoms with Crippen molar-refractivity contribution in [2.24, 2.45) is 0 Å². The third-order valence-corrected chi connectivity index (χ3v) is 3.99. The second-order valence-electron chi connectivity index (χ2n) is 5.38. The predicted molar refractivity (Wildman–Crippen MR) is 79.3 cm³/mol. The van der Waals surface area contributed by atoms with Crippen molar-refractivity contribution in [2.75, 3.05) is 18.5 Å². The van der Waals surface area contributed by atoms with Gasteiger partial charge in [0.25, 0.3) is 0 Å². The van der Waals surface area contributed by atoms with E-state index in [0.29, 0.717) is 6.04 Å². The molecule has 1 atom stereocenters. The summed E-state index contributed by atoms with van der Waals surface area (Å²) in [5, 5.41) is 3.64. The van der Waals surface area contributed by atoms with Crippen LogP contribution in [-0.4, -0.2) is 25.7 Å². The van der Waals surface area contributed by atoms with Crippen molar-refractivity contribution in [3.8, 4) is 0 Å². The van der Waals surface area contributed by atoms with Crippen molar-refractivity contribution in [3.63, 3.8) is 0 Å². The van der Waals surface area contributed by atoms with E-state index in [9.17, 15) is 0 Å². The lowest BCUT2D eigenvalue weighted by Gasteiger charge is -2.29. The summed E-state index contributed by atoms with van der Waals surface area (Å²) in [6.45, 7) is 5.58. The van der Waals surface area contributed by atoms with Crippen molar-refractivity contribution in [1.29, 1.82) is 0 Å². The molecule has 0 spiro atoms. The third-order valence-electron chi connectivity index (χ3n) is 3.99. The van der Waals surface area contributed by atoms with Gasteiger partial charge in [0.2, 0.25) is 0 Å². The fourth-order valence-corrected chi connectivity index (χ4v) is 2.32. The van der Waals surface area contributed by atoms with E-state index in [-0.39, 0.29) is 0 Å². The zero-order valence-electron chi connectivity index (χ0n) is 11.9. The van der Waals surface area contributed by atoms with Gasteiger partial charge in [-0.3, -0.25) is 0 Å². The number of hydrogen-bond acceptors (Lipinski definition) is 2. The van der Waals surface area contributed by atoms with Crippen molar-refractivity contribution in [2.45, 2.75) is 51.6 Å². The number of hydrogen-bond donors (Lipinski definition) is 1. The van der Waals surface area contributed by atoms with Crippen LogP contribution < -0.4 is 10.2 Å². The van der Waals surface area contributed by atoms with Crippen molar-refractivity contribution in [1.82, 2.24) is 5.32 Å². The van der Waals surface area contributed by atoms with Gasteiger partial charge in [0.1, 0.15) is 0 Å². The first kappa shape index (κ1) is 13.4. The van der Waals surface area contributed by atoms with E-state index in [1.54, 1.807) is 0 Å². The predicted octanol–water partition coefficient (Wildman–Crippen LogP) is 3.22. The molecule has 1 N–H and O–H groups in total. The van der Waals surface area contributed by atoms with E-state index in [0.717, 1.165) is 19.0 Å². The minimum absolute atomic E-state index is 0.595. The summed E-state index contributed by atoms with van der Waals surface area (Å²) in [5.41, 5.74) is 2.74. The molecule has 0 heterocycles. The molecule has 1 fully saturated rings. The SMILES string of the molecule is CCc1ccc(N(C)C(CC)CNC2CC2)cc1. The number of anilines is 1. The Hall–Kier alpha value is -1.02. The second kappa shape index (κ2) is 6.24. The van der Waals surface area contributed by atoms with Gasteiger partial charge in [-0.05, 0) is 43.4 Å². The van der Waals surface area contributed by atoms with Crippen molar-refractivity contribution < 1.29 is 0 Å². The standard InChI is InChI=1S/C16H26N2/c1-4-13-6-10-16(11-7-13)18(3)15(5-2)12-17-14-8-9-14/h6-7,10-11,14-15,17H,4-5,8-9,12H2,1-3H3. The highest BCUT2D eigenvalue weighted by Gasteiger charge is 2.22. The summed E-state index contributed by atoms with van der Waals surface area (Å²) >= 11 is 0. The molecule has 0 aliphatic heterocycles. The van der Waals surface area contributed by atoms with Crippen LogP contribution >= 0.6 is 0 Å². The van der Waals surface area contributed by atoms with Gasteiger partial charge in [-0.1, -0.05) is 26.0 Å². The van der Waals surface area contributed by atoms with Crippen LogP contribution in [0.15, 0.2) is 24.3 Å². The fourth-order valence-electron chi connectivity index (χ4n) is 2.32. The number of nitrogens with one attached hydrogen (secondary N) is 1. The zero-order chi connectivity index (χ0) is 13.0. The summed E-state index contributed by atoms with van der Waals surface area (Å²) in [6.07, 6.45) is 5.03. The summed E-state index contributed by atoms with van der Waals surface area (Å²) < 4.78 is 0. The monoisotopic (exact) mass is 246 g/mol. The van der Waals surface area contributed by atoms with Gasteiger partial charge in [-0.15, -0.1) is 0 Å². The van der Waals surface area contributed by atoms with Gasteiger partial charge >= 0.3 is 0 Å². The minimum atomic E-state index is 0.595. The number of rotatable bonds is 7. The van der Waals surface area contributed by atoms with E-state index >= 15 is 0 Å². The molecule has 0 bridgehead atoms. The molecular formula is C16H26N2. The Labute approximate surface area is 111 Å². The normalized spacial score (nSPS) is 16.6. The van der Waals surface area contributed by atoms with Crippen LogP contribution in [-0.2, 0) is 6.42 Å². The van der Waals surface area contributed by atoms with Crippen LogP contribution in [0.25, 0.3) is 0 Å². The Bertz CT molecular complexity index is 354. The van der Waals surface area contributed by atoms with Crippen LogP contribution in [0.2, 0.25) is 0 Å². The Morgan fingerprint density at radius 3 is 2.39 bits per heavy atom. The molecule has 18 heavy (non-hydrogen) atoms. The molecule has 2 heteroatoms. The molecule has 1 aromatic rings. The van der Waals surface area contributed by atoms with E-state index in [1.807, 2.05) is 0 Å². The van der Waals surface area contributed by atoms with Gasteiger partial charge in [-0.25, -0.2) is 0 Å². The third kappa shape index (κ3) is 3.49. The van der Waals surface area contributed by atoms with E-state index < -0.39 is 0 Å². The van der Waals surface area contributed by atoms with Gasteiger partial charge < -0.3 is 10.2 Å². The molecule has 2 nitrogen and oxygen atoms in total. The van der Waals surface area contributed by atoms with Gasteiger partial charge in [-0.2, -0.15) is 0 Å². The quantitative estimate of drug-likeness (QED) is 0.794. The highest BCUT2D eigenvalue weighted by Crippen LogP contribution is 2.21. The molecule has 1 aromatic carbocycles. The van der Waals surface area contributed by atoms with Gasteiger partial charge in [0.15, 0.2) is 0 Å². The molecule has 1 unspecified atom stereocenters. The highest BCUT2D eigenvalue weighted by atomic mass is 15.2. The lowest BCUT2D eigenvalue weighted by atomic mass is 10.1. The molecular weight excluding hydrogens is 220 g/mol. The Kier molecular flexibility index (Phi) is 4.65. The molecule has 1 aliphatic rings. The fraction of sp³-hybridized carbons (Fsp3) is 0.625. The Morgan fingerprint density at radius 2 is 1.89 bits per heavy atom. The average Bonchev–Trinajstić information content (AvgIpc) is 3.23. The highest BCUT2D eigenvalue weighted by molar-refractivity contribution is 5.48. The number of nitrogens with zero attached hydrogens (tertiary/aromatic N) is 1. The molecule has 0 amide bonds. The summed E-state index contributed by atoms with van der Waals surface area (Å²) in [6, 6.07) is 10.4. The van der Waals surface area contributed by atoms with Crippen LogP contribution in [0, 0.1) is 0 Å². The molecule has 1 aliphatic carbocycles. The topological polar surface area (TPSA) is 15.3 Å². The molecule has 0 radical (unpaired) electrons. The van der Waals surface area contributed by atoms with E-state index in [4.69, 9.17) is 0 Å². The maximum absolute atomic E-state index is 3.64. The molecule has 2 rings (SSSR count). The molecule has 1 saturated carbocycles.